The van der Waals surface area contributed by atoms with Gasteiger partial charge >= 0.3 is 0 Å². The summed E-state index contributed by atoms with van der Waals surface area (Å²) in [6, 6.07) is 10.2. The molecule has 0 saturated carbocycles. The van der Waals surface area contributed by atoms with Crippen molar-refractivity contribution >= 4 is 32.5 Å². The van der Waals surface area contributed by atoms with Crippen LogP contribution in [0.25, 0.3) is 22.0 Å². The minimum absolute atomic E-state index is 0.0588. The second-order valence-electron chi connectivity index (χ2n) is 9.37. The van der Waals surface area contributed by atoms with Gasteiger partial charge in [0.15, 0.2) is 0 Å². The molecule has 190 valence electrons. The van der Waals surface area contributed by atoms with E-state index in [1.807, 2.05) is 24.0 Å². The molecule has 0 unspecified atom stereocenters. The van der Waals surface area contributed by atoms with Crippen molar-refractivity contribution in [1.29, 1.82) is 0 Å². The summed E-state index contributed by atoms with van der Waals surface area (Å²) in [5.74, 6) is -0.685. The Bertz CT molecular complexity index is 1490. The number of carbonyl (C=O) groups excluding carboxylic acids is 1. The molecule has 2 fully saturated rings. The van der Waals surface area contributed by atoms with Crippen molar-refractivity contribution in [2.75, 3.05) is 44.3 Å². The lowest BCUT2D eigenvalue weighted by molar-refractivity contribution is 0.0998. The summed E-state index contributed by atoms with van der Waals surface area (Å²) in [6.07, 6.45) is 2.61. The van der Waals surface area contributed by atoms with Crippen LogP contribution in [0.1, 0.15) is 35.2 Å². The van der Waals surface area contributed by atoms with E-state index < -0.39 is 15.9 Å². The summed E-state index contributed by atoms with van der Waals surface area (Å²) in [7, 11) is -3.82. The van der Waals surface area contributed by atoms with Crippen molar-refractivity contribution < 1.29 is 17.9 Å². The van der Waals surface area contributed by atoms with Crippen molar-refractivity contribution in [1.82, 2.24) is 9.29 Å². The number of carbonyl (C=O) groups is 1. The molecule has 10 heteroatoms. The minimum Gasteiger partial charge on any atom is -0.378 e. The van der Waals surface area contributed by atoms with E-state index in [0.717, 1.165) is 35.8 Å². The number of primary amides is 1. The number of morpholine rings is 1. The van der Waals surface area contributed by atoms with Crippen molar-refractivity contribution in [3.05, 3.63) is 57.9 Å². The maximum absolute atomic E-state index is 13.6. The van der Waals surface area contributed by atoms with Gasteiger partial charge in [-0.1, -0.05) is 12.5 Å². The number of piperidine rings is 1. The molecule has 3 aromatic rings. The molecule has 0 radical (unpaired) electrons. The maximum atomic E-state index is 13.6. The van der Waals surface area contributed by atoms with Gasteiger partial charge in [-0.25, -0.2) is 8.42 Å². The molecular weight excluding hydrogens is 480 g/mol. The molecule has 0 spiro atoms. The van der Waals surface area contributed by atoms with E-state index in [1.54, 1.807) is 12.1 Å². The molecule has 2 aliphatic heterocycles. The fourth-order valence-corrected chi connectivity index (χ4v) is 6.71. The SMILES string of the molecule is Cc1cc(=O)[nH]c2ccc(-c3cc(S(=O)(=O)N4CCCCC4)cc(C(N)=O)c3N3CCOCC3)cc12. The van der Waals surface area contributed by atoms with Gasteiger partial charge < -0.3 is 20.4 Å². The molecule has 1 aromatic heterocycles. The van der Waals surface area contributed by atoms with Crippen LogP contribution in [0.15, 0.2) is 46.1 Å². The highest BCUT2D eigenvalue weighted by Crippen LogP contribution is 2.39. The number of pyridine rings is 1. The van der Waals surface area contributed by atoms with Crippen LogP contribution in [0, 0.1) is 6.92 Å². The van der Waals surface area contributed by atoms with Gasteiger partial charge in [0.25, 0.3) is 5.91 Å². The van der Waals surface area contributed by atoms with Crippen molar-refractivity contribution in [2.45, 2.75) is 31.1 Å². The van der Waals surface area contributed by atoms with Gasteiger partial charge in [0, 0.05) is 48.7 Å². The Kier molecular flexibility index (Phi) is 6.59. The van der Waals surface area contributed by atoms with Gasteiger partial charge in [-0.3, -0.25) is 9.59 Å². The molecule has 0 atom stereocenters. The number of aromatic nitrogens is 1. The van der Waals surface area contributed by atoms with Crippen molar-refractivity contribution in [3.8, 4) is 11.1 Å². The smallest absolute Gasteiger partial charge is 0.250 e. The second-order valence-corrected chi connectivity index (χ2v) is 11.3. The normalized spacial score (nSPS) is 17.4. The van der Waals surface area contributed by atoms with Crippen LogP contribution in [0.2, 0.25) is 0 Å². The molecule has 9 nitrogen and oxygen atoms in total. The minimum atomic E-state index is -3.82. The van der Waals surface area contributed by atoms with E-state index in [4.69, 9.17) is 10.5 Å². The average Bonchev–Trinajstić information content (AvgIpc) is 2.88. The lowest BCUT2D eigenvalue weighted by Gasteiger charge is -2.33. The monoisotopic (exact) mass is 510 g/mol. The number of amides is 1. The molecule has 2 saturated heterocycles. The largest absolute Gasteiger partial charge is 0.378 e. The van der Waals surface area contributed by atoms with E-state index >= 15 is 0 Å². The molecule has 3 N–H and O–H groups in total. The Balaban J connectivity index is 1.76. The standard InChI is InChI=1S/C26H30N4O5S/c1-17-13-24(31)28-23-6-5-18(14-20(17)23)21-15-19(36(33,34)30-7-3-2-4-8-30)16-22(26(27)32)25(21)29-9-11-35-12-10-29/h5-6,13-16H,2-4,7-12H2,1H3,(H2,27,32)(H,28,31). The zero-order valence-corrected chi connectivity index (χ0v) is 21.1. The molecule has 3 heterocycles. The lowest BCUT2D eigenvalue weighted by Crippen LogP contribution is -2.38. The van der Waals surface area contributed by atoms with E-state index in [-0.39, 0.29) is 16.0 Å². The molecule has 2 aliphatic rings. The summed E-state index contributed by atoms with van der Waals surface area (Å²) in [4.78, 5) is 29.6. The first-order chi connectivity index (χ1) is 17.3. The van der Waals surface area contributed by atoms with Crippen molar-refractivity contribution in [3.63, 3.8) is 0 Å². The van der Waals surface area contributed by atoms with Crippen LogP contribution < -0.4 is 16.2 Å². The van der Waals surface area contributed by atoms with Gasteiger partial charge in [0.1, 0.15) is 0 Å². The van der Waals surface area contributed by atoms with E-state index in [0.29, 0.717) is 56.2 Å². The van der Waals surface area contributed by atoms with Gasteiger partial charge in [-0.15, -0.1) is 0 Å². The molecule has 2 aromatic carbocycles. The third kappa shape index (κ3) is 4.52. The quantitative estimate of drug-likeness (QED) is 0.544. The van der Waals surface area contributed by atoms with Crippen LogP contribution in [0.4, 0.5) is 5.69 Å². The number of benzene rings is 2. The third-order valence-electron chi connectivity index (χ3n) is 6.99. The van der Waals surface area contributed by atoms with Crippen LogP contribution in [0.3, 0.4) is 0 Å². The number of nitrogens with one attached hydrogen (secondary N) is 1. The Labute approximate surface area is 209 Å². The fraction of sp³-hybridized carbons (Fsp3) is 0.385. The number of ether oxygens (including phenoxy) is 1. The number of nitrogens with zero attached hydrogens (tertiary/aromatic N) is 2. The van der Waals surface area contributed by atoms with E-state index in [2.05, 4.69) is 4.98 Å². The fourth-order valence-electron chi connectivity index (χ4n) is 5.14. The van der Waals surface area contributed by atoms with Gasteiger partial charge in [0.05, 0.1) is 29.4 Å². The number of nitrogens with two attached hydrogens (primary N) is 1. The zero-order chi connectivity index (χ0) is 25.4. The number of H-pyrrole nitrogens is 1. The third-order valence-corrected chi connectivity index (χ3v) is 8.87. The Hall–Kier alpha value is -3.21. The highest BCUT2D eigenvalue weighted by Gasteiger charge is 2.30. The Morgan fingerprint density at radius 2 is 1.72 bits per heavy atom. The van der Waals surface area contributed by atoms with Gasteiger partial charge in [-0.2, -0.15) is 4.31 Å². The van der Waals surface area contributed by atoms with E-state index in [9.17, 15) is 18.0 Å². The summed E-state index contributed by atoms with van der Waals surface area (Å²) < 4.78 is 34.3. The van der Waals surface area contributed by atoms with Gasteiger partial charge in [-0.05, 0) is 55.2 Å². The van der Waals surface area contributed by atoms with Crippen LogP contribution in [-0.4, -0.2) is 63.0 Å². The number of aromatic amines is 1. The number of hydrogen-bond acceptors (Lipinski definition) is 6. The maximum Gasteiger partial charge on any atom is 0.250 e. The van der Waals surface area contributed by atoms with Crippen LogP contribution in [0.5, 0.6) is 0 Å². The molecule has 0 bridgehead atoms. The molecular formula is C26H30N4O5S. The first-order valence-electron chi connectivity index (χ1n) is 12.2. The molecule has 0 aliphatic carbocycles. The summed E-state index contributed by atoms with van der Waals surface area (Å²) in [5.41, 5.74) is 9.26. The Morgan fingerprint density at radius 1 is 1.00 bits per heavy atom. The average molecular weight is 511 g/mol. The van der Waals surface area contributed by atoms with Crippen LogP contribution >= 0.6 is 0 Å². The first-order valence-corrected chi connectivity index (χ1v) is 13.6. The number of anilines is 1. The highest BCUT2D eigenvalue weighted by atomic mass is 32.2. The number of hydrogen-bond donors (Lipinski definition) is 2. The topological polar surface area (TPSA) is 126 Å². The lowest BCUT2D eigenvalue weighted by atomic mass is 9.96. The number of aryl methyl sites for hydroxylation is 1. The summed E-state index contributed by atoms with van der Waals surface area (Å²) in [5, 5.41) is 0.838. The number of fused-ring (bicyclic) bond motifs is 1. The Morgan fingerprint density at radius 3 is 2.42 bits per heavy atom. The first kappa shape index (κ1) is 24.5. The predicted octanol–water partition coefficient (Wildman–Crippen LogP) is 2.61. The zero-order valence-electron chi connectivity index (χ0n) is 20.2. The summed E-state index contributed by atoms with van der Waals surface area (Å²) >= 11 is 0. The second kappa shape index (κ2) is 9.68. The highest BCUT2D eigenvalue weighted by molar-refractivity contribution is 7.89. The number of sulfonamides is 1. The number of rotatable bonds is 5. The van der Waals surface area contributed by atoms with Crippen LogP contribution in [-0.2, 0) is 14.8 Å². The summed E-state index contributed by atoms with van der Waals surface area (Å²) in [6.45, 7) is 4.84. The molecule has 36 heavy (non-hydrogen) atoms. The van der Waals surface area contributed by atoms with Crippen molar-refractivity contribution in [2.24, 2.45) is 5.73 Å². The predicted molar refractivity (Wildman–Crippen MR) is 139 cm³/mol. The van der Waals surface area contributed by atoms with E-state index in [1.165, 1.54) is 16.4 Å². The molecule has 1 amide bonds. The molecule has 5 rings (SSSR count). The van der Waals surface area contributed by atoms with Gasteiger partial charge in [0.2, 0.25) is 15.6 Å².